The van der Waals surface area contributed by atoms with Crippen LogP contribution in [0.2, 0.25) is 0 Å². The molecule has 0 aliphatic carbocycles. The van der Waals surface area contributed by atoms with Crippen LogP contribution in [0.15, 0.2) is 24.3 Å². The van der Waals surface area contributed by atoms with E-state index in [2.05, 4.69) is 35.0 Å². The Balaban J connectivity index is 2.49. The van der Waals surface area contributed by atoms with Gasteiger partial charge in [-0.1, -0.05) is 53.5 Å². The molecule has 1 rings (SSSR count). The standard InChI is InChI=1S/C14H19BrO/c1-2-5-12-7-9-13(10-8-12)14(16)6-3-4-11-15/h7-10H,2-6,11H2,1H3. The zero-order chi connectivity index (χ0) is 11.8. The number of benzene rings is 1. The maximum absolute atomic E-state index is 11.8. The molecule has 0 unspecified atom stereocenters. The Kier molecular flexibility index (Phi) is 6.39. The first-order valence-electron chi connectivity index (χ1n) is 5.96. The fraction of sp³-hybridized carbons (Fsp3) is 0.500. The Morgan fingerprint density at radius 2 is 1.88 bits per heavy atom. The molecule has 1 nitrogen and oxygen atoms in total. The van der Waals surface area contributed by atoms with Gasteiger partial charge in [0.15, 0.2) is 5.78 Å². The number of carbonyl (C=O) groups is 1. The van der Waals surface area contributed by atoms with Crippen molar-refractivity contribution in [2.75, 3.05) is 5.33 Å². The van der Waals surface area contributed by atoms with Gasteiger partial charge in [0.25, 0.3) is 0 Å². The van der Waals surface area contributed by atoms with Crippen LogP contribution in [0.4, 0.5) is 0 Å². The van der Waals surface area contributed by atoms with Crippen molar-refractivity contribution in [2.24, 2.45) is 0 Å². The van der Waals surface area contributed by atoms with Gasteiger partial charge in [-0.2, -0.15) is 0 Å². The van der Waals surface area contributed by atoms with E-state index in [4.69, 9.17) is 0 Å². The lowest BCUT2D eigenvalue weighted by atomic mass is 10.0. The second-order valence-electron chi connectivity index (χ2n) is 4.02. The normalized spacial score (nSPS) is 10.4. The fourth-order valence-corrected chi connectivity index (χ4v) is 2.07. The molecule has 1 aromatic rings. The smallest absolute Gasteiger partial charge is 0.162 e. The van der Waals surface area contributed by atoms with Crippen LogP contribution >= 0.6 is 15.9 Å². The van der Waals surface area contributed by atoms with Crippen molar-refractivity contribution in [1.29, 1.82) is 0 Å². The molecule has 16 heavy (non-hydrogen) atoms. The Morgan fingerprint density at radius 3 is 2.44 bits per heavy atom. The molecule has 0 bridgehead atoms. The number of hydrogen-bond acceptors (Lipinski definition) is 1. The van der Waals surface area contributed by atoms with Crippen LogP contribution in [0.5, 0.6) is 0 Å². The predicted octanol–water partition coefficient (Wildman–Crippen LogP) is 4.39. The molecule has 0 fully saturated rings. The quantitative estimate of drug-likeness (QED) is 0.412. The maximum atomic E-state index is 11.8. The average Bonchev–Trinajstić information content (AvgIpc) is 2.30. The van der Waals surface area contributed by atoms with Gasteiger partial charge in [-0.3, -0.25) is 4.79 Å². The van der Waals surface area contributed by atoms with Crippen LogP contribution in [-0.4, -0.2) is 11.1 Å². The molecule has 0 heterocycles. The van der Waals surface area contributed by atoms with E-state index in [0.29, 0.717) is 6.42 Å². The second-order valence-corrected chi connectivity index (χ2v) is 4.81. The van der Waals surface area contributed by atoms with Crippen molar-refractivity contribution in [2.45, 2.75) is 39.0 Å². The van der Waals surface area contributed by atoms with Crippen molar-refractivity contribution in [3.63, 3.8) is 0 Å². The Labute approximate surface area is 106 Å². The van der Waals surface area contributed by atoms with E-state index < -0.39 is 0 Å². The van der Waals surface area contributed by atoms with E-state index in [1.54, 1.807) is 0 Å². The molecule has 0 aliphatic rings. The van der Waals surface area contributed by atoms with Crippen molar-refractivity contribution >= 4 is 21.7 Å². The van der Waals surface area contributed by atoms with Gasteiger partial charge in [-0.05, 0) is 24.8 Å². The monoisotopic (exact) mass is 282 g/mol. The molecule has 0 spiro atoms. The van der Waals surface area contributed by atoms with Crippen LogP contribution in [0.3, 0.4) is 0 Å². The second kappa shape index (κ2) is 7.61. The van der Waals surface area contributed by atoms with Gasteiger partial charge in [-0.25, -0.2) is 0 Å². The Bertz CT molecular complexity index is 316. The first kappa shape index (κ1) is 13.4. The highest BCUT2D eigenvalue weighted by molar-refractivity contribution is 9.09. The van der Waals surface area contributed by atoms with Crippen LogP contribution in [-0.2, 0) is 6.42 Å². The van der Waals surface area contributed by atoms with Gasteiger partial charge in [0.1, 0.15) is 0 Å². The highest BCUT2D eigenvalue weighted by Crippen LogP contribution is 2.10. The summed E-state index contributed by atoms with van der Waals surface area (Å²) in [5.41, 5.74) is 2.17. The zero-order valence-electron chi connectivity index (χ0n) is 9.84. The van der Waals surface area contributed by atoms with Crippen LogP contribution in [0.25, 0.3) is 0 Å². The molecule has 0 N–H and O–H groups in total. The predicted molar refractivity (Wildman–Crippen MR) is 72.4 cm³/mol. The van der Waals surface area contributed by atoms with Crippen molar-refractivity contribution in [3.05, 3.63) is 35.4 Å². The van der Waals surface area contributed by atoms with Gasteiger partial charge < -0.3 is 0 Å². The minimum absolute atomic E-state index is 0.268. The van der Waals surface area contributed by atoms with Gasteiger partial charge in [0, 0.05) is 17.3 Å². The maximum Gasteiger partial charge on any atom is 0.162 e. The average molecular weight is 283 g/mol. The van der Waals surface area contributed by atoms with Gasteiger partial charge in [0.05, 0.1) is 0 Å². The molecule has 0 atom stereocenters. The summed E-state index contributed by atoms with van der Waals surface area (Å²) in [5, 5.41) is 0.982. The minimum Gasteiger partial charge on any atom is -0.294 e. The highest BCUT2D eigenvalue weighted by Gasteiger charge is 2.04. The lowest BCUT2D eigenvalue weighted by Crippen LogP contribution is -1.99. The highest BCUT2D eigenvalue weighted by atomic mass is 79.9. The van der Waals surface area contributed by atoms with Crippen LogP contribution < -0.4 is 0 Å². The lowest BCUT2D eigenvalue weighted by molar-refractivity contribution is 0.0980. The summed E-state index contributed by atoms with van der Waals surface area (Å²) in [6, 6.07) is 8.06. The van der Waals surface area contributed by atoms with E-state index in [1.807, 2.05) is 12.1 Å². The molecule has 0 aromatic heterocycles. The molecule has 1 aromatic carbocycles. The summed E-state index contributed by atoms with van der Waals surface area (Å²) in [7, 11) is 0. The van der Waals surface area contributed by atoms with E-state index >= 15 is 0 Å². The van der Waals surface area contributed by atoms with E-state index in [9.17, 15) is 4.79 Å². The number of ketones is 1. The van der Waals surface area contributed by atoms with E-state index in [-0.39, 0.29) is 5.78 Å². The van der Waals surface area contributed by atoms with Gasteiger partial charge in [-0.15, -0.1) is 0 Å². The minimum atomic E-state index is 0.268. The number of alkyl halides is 1. The topological polar surface area (TPSA) is 17.1 Å². The van der Waals surface area contributed by atoms with Crippen molar-refractivity contribution in [1.82, 2.24) is 0 Å². The Morgan fingerprint density at radius 1 is 1.19 bits per heavy atom. The zero-order valence-corrected chi connectivity index (χ0v) is 11.4. The number of hydrogen-bond donors (Lipinski definition) is 0. The first-order chi connectivity index (χ1) is 7.77. The largest absolute Gasteiger partial charge is 0.294 e. The van der Waals surface area contributed by atoms with Crippen molar-refractivity contribution in [3.8, 4) is 0 Å². The fourth-order valence-electron chi connectivity index (χ4n) is 1.67. The summed E-state index contributed by atoms with van der Waals surface area (Å²) >= 11 is 3.37. The third-order valence-electron chi connectivity index (χ3n) is 2.60. The molecule has 2 heteroatoms. The molecule has 0 saturated heterocycles. The Hall–Kier alpha value is -0.630. The third kappa shape index (κ3) is 4.48. The molecule has 0 saturated carbocycles. The number of unbranched alkanes of at least 4 members (excludes halogenated alkanes) is 1. The number of aryl methyl sites for hydroxylation is 1. The molecule has 0 radical (unpaired) electrons. The number of halogens is 1. The molecular formula is C14H19BrO. The van der Waals surface area contributed by atoms with Crippen molar-refractivity contribution < 1.29 is 4.79 Å². The van der Waals surface area contributed by atoms with E-state index in [0.717, 1.165) is 36.6 Å². The van der Waals surface area contributed by atoms with Gasteiger partial charge >= 0.3 is 0 Å². The summed E-state index contributed by atoms with van der Waals surface area (Å²) in [4.78, 5) is 11.8. The summed E-state index contributed by atoms with van der Waals surface area (Å²) in [5.74, 6) is 0.268. The summed E-state index contributed by atoms with van der Waals surface area (Å²) in [6.07, 6.45) is 4.95. The molecule has 88 valence electrons. The van der Waals surface area contributed by atoms with Crippen LogP contribution in [0, 0.1) is 0 Å². The molecule has 0 amide bonds. The van der Waals surface area contributed by atoms with Crippen LogP contribution in [0.1, 0.15) is 48.5 Å². The summed E-state index contributed by atoms with van der Waals surface area (Å²) in [6.45, 7) is 2.17. The first-order valence-corrected chi connectivity index (χ1v) is 7.08. The molecule has 0 aliphatic heterocycles. The lowest BCUT2D eigenvalue weighted by Gasteiger charge is -2.02. The number of Topliss-reactive ketones (excluding diaryl/α,β-unsaturated/α-hetero) is 1. The SMILES string of the molecule is CCCc1ccc(C(=O)CCCCBr)cc1. The third-order valence-corrected chi connectivity index (χ3v) is 3.16. The number of rotatable bonds is 7. The van der Waals surface area contributed by atoms with E-state index in [1.165, 1.54) is 5.56 Å². The number of carbonyl (C=O) groups excluding carboxylic acids is 1. The van der Waals surface area contributed by atoms with Gasteiger partial charge in [0.2, 0.25) is 0 Å². The molecular weight excluding hydrogens is 264 g/mol. The summed E-state index contributed by atoms with van der Waals surface area (Å²) < 4.78 is 0.